The van der Waals surface area contributed by atoms with Crippen LogP contribution < -0.4 is 5.32 Å². The van der Waals surface area contributed by atoms with Crippen molar-refractivity contribution in [2.45, 2.75) is 76.0 Å². The highest BCUT2D eigenvalue weighted by Gasteiger charge is 2.60. The molecule has 0 saturated heterocycles. The van der Waals surface area contributed by atoms with Crippen LogP contribution in [0.1, 0.15) is 69.7 Å². The number of halogens is 3. The molecular formula is C22H26I3NO4. The number of carbonyl (C=O) groups excluding carboxylic acids is 2. The molecule has 0 aliphatic heterocycles. The van der Waals surface area contributed by atoms with E-state index in [-0.39, 0.29) is 17.6 Å². The molecule has 0 heterocycles. The monoisotopic (exact) mass is 749 g/mol. The molecule has 164 valence electrons. The first-order valence-corrected chi connectivity index (χ1v) is 13.5. The second-order valence-corrected chi connectivity index (χ2v) is 13.7. The predicted octanol–water partition coefficient (Wildman–Crippen LogP) is 6.27. The van der Waals surface area contributed by atoms with E-state index in [9.17, 15) is 9.59 Å². The second-order valence-electron chi connectivity index (χ2n) is 10.2. The maximum absolute atomic E-state index is 13.2. The Kier molecular flexibility index (Phi) is 6.35. The minimum Gasteiger partial charge on any atom is -0.455 e. The van der Waals surface area contributed by atoms with Crippen molar-refractivity contribution in [1.29, 1.82) is 0 Å². The summed E-state index contributed by atoms with van der Waals surface area (Å²) in [5.41, 5.74) is -0.725. The summed E-state index contributed by atoms with van der Waals surface area (Å²) in [4.78, 5) is 25.8. The molecule has 1 amide bonds. The van der Waals surface area contributed by atoms with Gasteiger partial charge in [-0.25, -0.2) is 9.59 Å². The van der Waals surface area contributed by atoms with Gasteiger partial charge in [-0.1, -0.05) is 0 Å². The Balaban J connectivity index is 1.56. The van der Waals surface area contributed by atoms with Gasteiger partial charge >= 0.3 is 12.1 Å². The molecule has 0 aromatic heterocycles. The lowest BCUT2D eigenvalue weighted by atomic mass is 9.51. The van der Waals surface area contributed by atoms with Crippen molar-refractivity contribution < 1.29 is 19.1 Å². The summed E-state index contributed by atoms with van der Waals surface area (Å²) in [6.45, 7) is 5.62. The fourth-order valence-electron chi connectivity index (χ4n) is 5.92. The number of amides is 1. The van der Waals surface area contributed by atoms with Gasteiger partial charge in [-0.2, -0.15) is 0 Å². The standard InChI is InChI=1S/C22H26I3NO4/c1-20(2,3)30-19(28)26-21-7-12-4-13(8-21)10-22(9-12,11-21)29-18(27)15-5-14(23)6-16(24)17(15)25/h5-6,12-13H,4,7-11H2,1-3H3,(H,26,28). The Hall–Kier alpha value is 0.150. The third-order valence-electron chi connectivity index (χ3n) is 6.30. The molecule has 1 N–H and O–H groups in total. The van der Waals surface area contributed by atoms with Crippen molar-refractivity contribution >= 4 is 79.8 Å². The van der Waals surface area contributed by atoms with Crippen LogP contribution in [0, 0.1) is 22.5 Å². The molecule has 4 fully saturated rings. The summed E-state index contributed by atoms with van der Waals surface area (Å²) in [7, 11) is 0. The molecule has 2 atom stereocenters. The zero-order valence-corrected chi connectivity index (χ0v) is 23.8. The lowest BCUT2D eigenvalue weighted by Crippen LogP contribution is -2.66. The van der Waals surface area contributed by atoms with E-state index in [1.807, 2.05) is 26.8 Å². The summed E-state index contributed by atoms with van der Waals surface area (Å²) in [5.74, 6) is 0.707. The first kappa shape index (κ1) is 23.3. The Morgan fingerprint density at radius 1 is 1.07 bits per heavy atom. The van der Waals surface area contributed by atoms with Crippen LogP contribution in [0.25, 0.3) is 0 Å². The van der Waals surface area contributed by atoms with E-state index in [1.54, 1.807) is 0 Å². The molecule has 5 nitrogen and oxygen atoms in total. The Morgan fingerprint density at radius 3 is 2.30 bits per heavy atom. The van der Waals surface area contributed by atoms with Crippen LogP contribution in [0.4, 0.5) is 4.79 Å². The van der Waals surface area contributed by atoms with Gasteiger partial charge in [-0.05, 0) is 145 Å². The minimum atomic E-state index is -0.533. The maximum atomic E-state index is 13.2. The van der Waals surface area contributed by atoms with Crippen LogP contribution in [0.2, 0.25) is 0 Å². The van der Waals surface area contributed by atoms with E-state index < -0.39 is 11.2 Å². The van der Waals surface area contributed by atoms with Gasteiger partial charge in [0.1, 0.15) is 11.2 Å². The molecule has 4 aliphatic rings. The first-order chi connectivity index (χ1) is 13.9. The molecule has 0 spiro atoms. The smallest absolute Gasteiger partial charge is 0.408 e. The summed E-state index contributed by atoms with van der Waals surface area (Å²) in [5, 5.41) is 3.19. The van der Waals surface area contributed by atoms with Crippen molar-refractivity contribution in [2.75, 3.05) is 0 Å². The van der Waals surface area contributed by atoms with Crippen molar-refractivity contribution in [2.24, 2.45) is 11.8 Å². The lowest BCUT2D eigenvalue weighted by molar-refractivity contribution is -0.146. The van der Waals surface area contributed by atoms with E-state index in [4.69, 9.17) is 9.47 Å². The number of hydrogen-bond donors (Lipinski definition) is 1. The Bertz CT molecular complexity index is 881. The number of nitrogens with one attached hydrogen (secondary N) is 1. The van der Waals surface area contributed by atoms with E-state index in [0.29, 0.717) is 23.8 Å². The summed E-state index contributed by atoms with van der Waals surface area (Å²) in [6, 6.07) is 3.96. The fourth-order valence-corrected chi connectivity index (χ4v) is 8.30. The molecule has 4 bridgehead atoms. The van der Waals surface area contributed by atoms with Gasteiger partial charge < -0.3 is 14.8 Å². The average Bonchev–Trinajstić information content (AvgIpc) is 2.53. The van der Waals surface area contributed by atoms with Crippen molar-refractivity contribution in [1.82, 2.24) is 5.32 Å². The first-order valence-electron chi connectivity index (χ1n) is 10.3. The zero-order valence-electron chi connectivity index (χ0n) is 17.3. The zero-order chi connectivity index (χ0) is 21.9. The van der Waals surface area contributed by atoms with Gasteiger partial charge in [-0.3, -0.25) is 0 Å². The highest BCUT2D eigenvalue weighted by atomic mass is 127. The normalized spacial score (nSPS) is 32.1. The van der Waals surface area contributed by atoms with Crippen LogP contribution >= 0.6 is 67.8 Å². The van der Waals surface area contributed by atoms with Crippen LogP contribution in [0.15, 0.2) is 12.1 Å². The van der Waals surface area contributed by atoms with E-state index in [2.05, 4.69) is 79.2 Å². The van der Waals surface area contributed by atoms with E-state index in [0.717, 1.165) is 42.8 Å². The molecular weight excluding hydrogens is 723 g/mol. The highest BCUT2D eigenvalue weighted by Crippen LogP contribution is 2.59. The molecule has 0 radical (unpaired) electrons. The largest absolute Gasteiger partial charge is 0.455 e. The summed E-state index contributed by atoms with van der Waals surface area (Å²) in [6.07, 6.45) is 5.15. The topological polar surface area (TPSA) is 64.6 Å². The number of rotatable bonds is 3. The molecule has 4 saturated carbocycles. The average molecular weight is 749 g/mol. The van der Waals surface area contributed by atoms with Crippen molar-refractivity contribution in [3.05, 3.63) is 28.4 Å². The van der Waals surface area contributed by atoms with Gasteiger partial charge in [0.15, 0.2) is 0 Å². The number of esters is 1. The lowest BCUT2D eigenvalue weighted by Gasteiger charge is -2.61. The third kappa shape index (κ3) is 4.89. The quantitative estimate of drug-likeness (QED) is 0.225. The fraction of sp³-hybridized carbons (Fsp3) is 0.636. The van der Waals surface area contributed by atoms with Gasteiger partial charge in [-0.15, -0.1) is 0 Å². The van der Waals surface area contributed by atoms with Gasteiger partial charge in [0.2, 0.25) is 0 Å². The van der Waals surface area contributed by atoms with Crippen LogP contribution in [-0.2, 0) is 9.47 Å². The predicted molar refractivity (Wildman–Crippen MR) is 140 cm³/mol. The summed E-state index contributed by atoms with van der Waals surface area (Å²) < 4.78 is 14.9. The van der Waals surface area contributed by atoms with Crippen LogP contribution in [-0.4, -0.2) is 28.8 Å². The number of alkyl carbamates (subject to hydrolysis) is 1. The Labute approximate surface area is 218 Å². The molecule has 1 aromatic rings. The minimum absolute atomic E-state index is 0.245. The van der Waals surface area contributed by atoms with Crippen LogP contribution in [0.5, 0.6) is 0 Å². The molecule has 5 rings (SSSR count). The number of ether oxygens (including phenoxy) is 2. The van der Waals surface area contributed by atoms with Gasteiger partial charge in [0.25, 0.3) is 0 Å². The SMILES string of the molecule is CC(C)(C)OC(=O)NC12CC3CC(C1)CC(OC(=O)c1cc(I)cc(I)c1I)(C3)C2. The van der Waals surface area contributed by atoms with Gasteiger partial charge in [0.05, 0.1) is 5.56 Å². The third-order valence-corrected chi connectivity index (χ3v) is 9.96. The van der Waals surface area contributed by atoms with Gasteiger partial charge in [0, 0.05) is 22.7 Å². The van der Waals surface area contributed by atoms with E-state index >= 15 is 0 Å². The molecule has 30 heavy (non-hydrogen) atoms. The molecule has 1 aromatic carbocycles. The van der Waals surface area contributed by atoms with Crippen molar-refractivity contribution in [3.63, 3.8) is 0 Å². The Morgan fingerprint density at radius 2 is 1.70 bits per heavy atom. The van der Waals surface area contributed by atoms with Crippen LogP contribution in [0.3, 0.4) is 0 Å². The summed E-state index contributed by atoms with van der Waals surface area (Å²) >= 11 is 6.72. The second kappa shape index (κ2) is 8.18. The molecule has 8 heteroatoms. The van der Waals surface area contributed by atoms with Crippen molar-refractivity contribution in [3.8, 4) is 0 Å². The molecule has 4 aliphatic carbocycles. The highest BCUT2D eigenvalue weighted by molar-refractivity contribution is 14.1. The van der Waals surface area contributed by atoms with E-state index in [1.165, 1.54) is 0 Å². The number of carbonyl (C=O) groups is 2. The maximum Gasteiger partial charge on any atom is 0.408 e. The number of benzene rings is 1. The number of hydrogen-bond acceptors (Lipinski definition) is 4. The molecule has 2 unspecified atom stereocenters.